The summed E-state index contributed by atoms with van der Waals surface area (Å²) in [6, 6.07) is 11.0. The Labute approximate surface area is 209 Å². The molecule has 0 saturated carbocycles. The van der Waals surface area contributed by atoms with Crippen molar-refractivity contribution < 1.29 is 32.6 Å². The number of pyridine rings is 1. The second kappa shape index (κ2) is 8.95. The van der Waals surface area contributed by atoms with Crippen molar-refractivity contribution >= 4 is 17.5 Å². The third-order valence-electron chi connectivity index (χ3n) is 6.85. The van der Waals surface area contributed by atoms with Gasteiger partial charge in [0.05, 0.1) is 22.7 Å². The number of carbonyl (C=O) groups excluding carboxylic acids is 1. The van der Waals surface area contributed by atoms with Crippen LogP contribution >= 0.6 is 0 Å². The number of fused-ring (bicyclic) bond motifs is 2. The number of hydrogen-bond acceptors (Lipinski definition) is 4. The summed E-state index contributed by atoms with van der Waals surface area (Å²) in [4.78, 5) is 30.0. The van der Waals surface area contributed by atoms with E-state index < -0.39 is 47.4 Å². The molecule has 2 aromatic carbocycles. The van der Waals surface area contributed by atoms with E-state index in [0.717, 1.165) is 12.1 Å². The van der Waals surface area contributed by atoms with E-state index in [1.807, 2.05) is 0 Å². The zero-order valence-corrected chi connectivity index (χ0v) is 19.9. The number of rotatable bonds is 6. The van der Waals surface area contributed by atoms with Gasteiger partial charge in [-0.15, -0.1) is 0 Å². The summed E-state index contributed by atoms with van der Waals surface area (Å²) < 4.78 is 50.0. The number of imidazole rings is 1. The highest BCUT2D eigenvalue weighted by atomic mass is 19.1. The van der Waals surface area contributed by atoms with Gasteiger partial charge in [-0.05, 0) is 56.2 Å². The summed E-state index contributed by atoms with van der Waals surface area (Å²) in [6.07, 6.45) is 1.62. The number of carboxylic acids is 1. The number of benzene rings is 2. The average Bonchev–Trinajstić information content (AvgIpc) is 3.33. The van der Waals surface area contributed by atoms with Crippen LogP contribution in [0.25, 0.3) is 5.65 Å². The minimum absolute atomic E-state index is 0.0654. The molecule has 1 aliphatic rings. The van der Waals surface area contributed by atoms with Gasteiger partial charge in [0.25, 0.3) is 5.91 Å². The summed E-state index contributed by atoms with van der Waals surface area (Å²) in [5.41, 5.74) is -0.503. The summed E-state index contributed by atoms with van der Waals surface area (Å²) in [7, 11) is 0. The number of carbonyl (C=O) groups is 2. The van der Waals surface area contributed by atoms with Crippen molar-refractivity contribution in [2.24, 2.45) is 5.92 Å². The molecule has 1 aliphatic carbocycles. The largest absolute Gasteiger partial charge is 0.485 e. The first-order valence-corrected chi connectivity index (χ1v) is 11.5. The Morgan fingerprint density at radius 1 is 1.11 bits per heavy atom. The number of halogens is 3. The van der Waals surface area contributed by atoms with E-state index in [1.165, 1.54) is 29.5 Å². The van der Waals surface area contributed by atoms with Gasteiger partial charge in [0.15, 0.2) is 11.4 Å². The maximum absolute atomic E-state index is 14.9. The van der Waals surface area contributed by atoms with Crippen LogP contribution in [0.4, 0.5) is 13.2 Å². The van der Waals surface area contributed by atoms with Crippen LogP contribution < -0.4 is 10.1 Å². The predicted octanol–water partition coefficient (Wildman–Crippen LogP) is 4.54. The van der Waals surface area contributed by atoms with Gasteiger partial charge in [0, 0.05) is 11.8 Å². The summed E-state index contributed by atoms with van der Waals surface area (Å²) >= 11 is 0. The molecular formula is C27H22F3N3O4. The number of aliphatic carboxylic acids is 1. The maximum Gasteiger partial charge on any atom is 0.309 e. The van der Waals surface area contributed by atoms with Crippen LogP contribution in [0.5, 0.6) is 5.75 Å². The zero-order valence-electron chi connectivity index (χ0n) is 19.9. The number of amides is 1. The Hall–Kier alpha value is -4.34. The molecule has 4 aromatic rings. The third-order valence-corrected chi connectivity index (χ3v) is 6.85. The molecule has 37 heavy (non-hydrogen) atoms. The smallest absolute Gasteiger partial charge is 0.309 e. The van der Waals surface area contributed by atoms with Gasteiger partial charge in [-0.3, -0.25) is 14.0 Å². The molecule has 0 bridgehead atoms. The Bertz CT molecular complexity index is 1550. The Balaban J connectivity index is 1.50. The lowest BCUT2D eigenvalue weighted by Gasteiger charge is -2.31. The highest BCUT2D eigenvalue weighted by molar-refractivity contribution is 5.96. The number of carboxylic acid groups (broad SMARTS) is 1. The van der Waals surface area contributed by atoms with E-state index in [4.69, 9.17) is 4.74 Å². The number of aromatic nitrogens is 2. The van der Waals surface area contributed by atoms with E-state index in [0.29, 0.717) is 11.3 Å². The number of ether oxygens (including phenoxy) is 1. The van der Waals surface area contributed by atoms with Crippen LogP contribution in [0.15, 0.2) is 54.7 Å². The quantitative estimate of drug-likeness (QED) is 0.398. The zero-order chi connectivity index (χ0) is 26.5. The Morgan fingerprint density at radius 2 is 1.78 bits per heavy atom. The molecule has 5 rings (SSSR count). The fraction of sp³-hybridized carbons (Fsp3) is 0.222. The minimum Gasteiger partial charge on any atom is -0.485 e. The summed E-state index contributed by atoms with van der Waals surface area (Å²) in [5, 5.41) is 12.6. The standard InChI is InChI=1S/C27H22F3N3O4/c1-14-23(25(34)32-27(2)17(26(35)36)12-15-6-3-9-20(30)22(15)27)33-11-5-10-21(24(33)31-14)37-13-16-18(28)7-4-8-19(16)29/h3-11,17H,12-13H2,1-2H3,(H,32,34)(H,35,36)/t17-,27-/m0/s1. The fourth-order valence-electron chi connectivity index (χ4n) is 5.06. The lowest BCUT2D eigenvalue weighted by molar-refractivity contribution is -0.144. The molecule has 10 heteroatoms. The maximum atomic E-state index is 14.9. The topological polar surface area (TPSA) is 92.9 Å². The molecule has 2 atom stereocenters. The van der Waals surface area contributed by atoms with Gasteiger partial charge in [0.1, 0.15) is 29.8 Å². The van der Waals surface area contributed by atoms with E-state index in [9.17, 15) is 27.9 Å². The van der Waals surface area contributed by atoms with E-state index in [2.05, 4.69) is 10.3 Å². The first-order valence-electron chi connectivity index (χ1n) is 11.5. The van der Waals surface area contributed by atoms with Crippen LogP contribution in [0, 0.1) is 30.3 Å². The van der Waals surface area contributed by atoms with Crippen LogP contribution in [0.3, 0.4) is 0 Å². The van der Waals surface area contributed by atoms with Gasteiger partial charge in [-0.25, -0.2) is 18.2 Å². The highest BCUT2D eigenvalue weighted by Crippen LogP contribution is 2.43. The van der Waals surface area contributed by atoms with E-state index in [1.54, 1.807) is 31.3 Å². The molecule has 7 nitrogen and oxygen atoms in total. The molecule has 0 radical (unpaired) electrons. The molecule has 2 aromatic heterocycles. The van der Waals surface area contributed by atoms with E-state index in [-0.39, 0.29) is 34.6 Å². The molecule has 2 N–H and O–H groups in total. The van der Waals surface area contributed by atoms with Crippen molar-refractivity contribution in [3.05, 3.63) is 100 Å². The highest BCUT2D eigenvalue weighted by Gasteiger charge is 2.50. The lowest BCUT2D eigenvalue weighted by Crippen LogP contribution is -2.50. The Morgan fingerprint density at radius 3 is 2.49 bits per heavy atom. The normalized spacial score (nSPS) is 18.6. The van der Waals surface area contributed by atoms with Crippen molar-refractivity contribution in [2.75, 3.05) is 0 Å². The second-order valence-electron chi connectivity index (χ2n) is 9.13. The van der Waals surface area contributed by atoms with Crippen molar-refractivity contribution in [2.45, 2.75) is 32.4 Å². The molecule has 0 unspecified atom stereocenters. The molecule has 0 spiro atoms. The molecule has 0 fully saturated rings. The van der Waals surface area contributed by atoms with Crippen LogP contribution in [0.2, 0.25) is 0 Å². The SMILES string of the molecule is Cc1nc2c(OCc3c(F)cccc3F)cccn2c1C(=O)N[C@]1(C)c2c(F)cccc2C[C@H]1C(=O)O. The molecule has 2 heterocycles. The number of aryl methyl sites for hydroxylation is 1. The second-order valence-corrected chi connectivity index (χ2v) is 9.13. The first-order chi connectivity index (χ1) is 17.6. The van der Waals surface area contributed by atoms with Crippen molar-refractivity contribution in [1.82, 2.24) is 14.7 Å². The van der Waals surface area contributed by atoms with Crippen molar-refractivity contribution in [3.63, 3.8) is 0 Å². The number of nitrogens with one attached hydrogen (secondary N) is 1. The monoisotopic (exact) mass is 509 g/mol. The van der Waals surface area contributed by atoms with Gasteiger partial charge in [0.2, 0.25) is 0 Å². The number of hydrogen-bond donors (Lipinski definition) is 2. The summed E-state index contributed by atoms with van der Waals surface area (Å²) in [6.45, 7) is 2.68. The molecule has 0 saturated heterocycles. The van der Waals surface area contributed by atoms with Gasteiger partial charge in [-0.1, -0.05) is 18.2 Å². The molecule has 1 amide bonds. The van der Waals surface area contributed by atoms with Crippen LogP contribution in [-0.4, -0.2) is 26.4 Å². The number of nitrogens with zero attached hydrogens (tertiary/aromatic N) is 2. The van der Waals surface area contributed by atoms with Crippen molar-refractivity contribution in [3.8, 4) is 5.75 Å². The van der Waals surface area contributed by atoms with Crippen LogP contribution in [-0.2, 0) is 23.4 Å². The first kappa shape index (κ1) is 24.4. The fourth-order valence-corrected chi connectivity index (χ4v) is 5.06. The van der Waals surface area contributed by atoms with Gasteiger partial charge in [-0.2, -0.15) is 0 Å². The van der Waals surface area contributed by atoms with Gasteiger partial charge >= 0.3 is 5.97 Å². The predicted molar refractivity (Wildman–Crippen MR) is 127 cm³/mol. The summed E-state index contributed by atoms with van der Waals surface area (Å²) in [5.74, 6) is -4.84. The Kier molecular flexibility index (Phi) is 5.89. The molecule has 0 aliphatic heterocycles. The van der Waals surface area contributed by atoms with Gasteiger partial charge < -0.3 is 15.2 Å². The molecular weight excluding hydrogens is 487 g/mol. The third kappa shape index (κ3) is 3.98. The average molecular weight is 509 g/mol. The molecule has 190 valence electrons. The van der Waals surface area contributed by atoms with E-state index >= 15 is 0 Å². The lowest BCUT2D eigenvalue weighted by atomic mass is 9.85. The van der Waals surface area contributed by atoms with Crippen molar-refractivity contribution in [1.29, 1.82) is 0 Å². The van der Waals surface area contributed by atoms with Crippen LogP contribution in [0.1, 0.15) is 39.8 Å². The minimum atomic E-state index is -1.52.